The summed E-state index contributed by atoms with van der Waals surface area (Å²) in [4.78, 5) is 28.2. The molecule has 1 heterocycles. The van der Waals surface area contributed by atoms with Gasteiger partial charge in [0.05, 0.1) is 5.56 Å². The smallest absolute Gasteiger partial charge is 0.338 e. The number of aromatic nitrogens is 1. The SMILES string of the molecule is O=C(OCC(=O)c1c[nH]c2ccccc12)c1ccccc1COc1ccccc1. The number of H-pyrrole nitrogens is 1. The van der Waals surface area contributed by atoms with Gasteiger partial charge in [0.25, 0.3) is 0 Å². The molecular formula is C24H19NO4. The van der Waals surface area contributed by atoms with Crippen LogP contribution in [0.15, 0.2) is 85.1 Å². The molecule has 0 radical (unpaired) electrons. The molecule has 0 aliphatic rings. The lowest BCUT2D eigenvalue weighted by atomic mass is 10.1. The minimum atomic E-state index is -0.551. The highest BCUT2D eigenvalue weighted by molar-refractivity contribution is 6.09. The van der Waals surface area contributed by atoms with Crippen LogP contribution in [0.25, 0.3) is 10.9 Å². The molecule has 29 heavy (non-hydrogen) atoms. The number of para-hydroxylation sites is 2. The van der Waals surface area contributed by atoms with Crippen molar-refractivity contribution in [3.63, 3.8) is 0 Å². The van der Waals surface area contributed by atoms with E-state index in [1.165, 1.54) is 0 Å². The quantitative estimate of drug-likeness (QED) is 0.367. The first-order chi connectivity index (χ1) is 14.2. The molecule has 5 nitrogen and oxygen atoms in total. The van der Waals surface area contributed by atoms with E-state index in [1.54, 1.807) is 24.4 Å². The molecule has 0 bridgehead atoms. The Hall–Kier alpha value is -3.86. The number of esters is 1. The average Bonchev–Trinajstić information content (AvgIpc) is 3.21. The summed E-state index contributed by atoms with van der Waals surface area (Å²) >= 11 is 0. The van der Waals surface area contributed by atoms with Crippen LogP contribution < -0.4 is 4.74 Å². The summed E-state index contributed by atoms with van der Waals surface area (Å²) in [5.74, 6) is -0.0931. The van der Waals surface area contributed by atoms with Crippen molar-refractivity contribution in [2.45, 2.75) is 6.61 Å². The van der Waals surface area contributed by atoms with Crippen molar-refractivity contribution in [3.8, 4) is 5.75 Å². The number of ether oxygens (including phenoxy) is 2. The van der Waals surface area contributed by atoms with Crippen molar-refractivity contribution in [1.29, 1.82) is 0 Å². The lowest BCUT2D eigenvalue weighted by Crippen LogP contribution is -2.16. The number of hydrogen-bond acceptors (Lipinski definition) is 4. The van der Waals surface area contributed by atoms with Crippen LogP contribution in [0.3, 0.4) is 0 Å². The Kier molecular flexibility index (Phi) is 5.38. The van der Waals surface area contributed by atoms with E-state index < -0.39 is 5.97 Å². The molecule has 0 amide bonds. The number of carbonyl (C=O) groups excluding carboxylic acids is 2. The van der Waals surface area contributed by atoms with Crippen LogP contribution in [-0.4, -0.2) is 23.3 Å². The van der Waals surface area contributed by atoms with E-state index in [-0.39, 0.29) is 19.0 Å². The van der Waals surface area contributed by atoms with Crippen molar-refractivity contribution in [2.75, 3.05) is 6.61 Å². The van der Waals surface area contributed by atoms with Crippen LogP contribution in [0.2, 0.25) is 0 Å². The van der Waals surface area contributed by atoms with Crippen LogP contribution in [0.1, 0.15) is 26.3 Å². The molecule has 4 aromatic rings. The van der Waals surface area contributed by atoms with Crippen molar-refractivity contribution in [1.82, 2.24) is 4.98 Å². The lowest BCUT2D eigenvalue weighted by Gasteiger charge is -2.11. The second kappa shape index (κ2) is 8.44. The van der Waals surface area contributed by atoms with Gasteiger partial charge in [0.1, 0.15) is 12.4 Å². The molecule has 0 atom stereocenters. The van der Waals surface area contributed by atoms with E-state index in [2.05, 4.69) is 4.98 Å². The van der Waals surface area contributed by atoms with Gasteiger partial charge in [-0.25, -0.2) is 4.79 Å². The highest BCUT2D eigenvalue weighted by Gasteiger charge is 2.17. The predicted octanol–water partition coefficient (Wildman–Crippen LogP) is 4.79. The standard InChI is InChI=1S/C24H19NO4/c26-23(21-14-25-22-13-7-6-12-20(21)22)16-29-24(27)19-11-5-4-8-17(19)15-28-18-9-2-1-3-10-18/h1-14,25H,15-16H2. The average molecular weight is 385 g/mol. The van der Waals surface area contributed by atoms with Crippen LogP contribution in [0.5, 0.6) is 5.75 Å². The number of hydrogen-bond donors (Lipinski definition) is 1. The number of rotatable bonds is 7. The molecule has 0 saturated heterocycles. The molecule has 3 aromatic carbocycles. The van der Waals surface area contributed by atoms with E-state index in [0.29, 0.717) is 22.4 Å². The number of ketones is 1. The highest BCUT2D eigenvalue weighted by Crippen LogP contribution is 2.19. The summed E-state index contributed by atoms with van der Waals surface area (Å²) in [6, 6.07) is 23.9. The van der Waals surface area contributed by atoms with E-state index in [0.717, 1.165) is 10.9 Å². The molecule has 0 unspecified atom stereocenters. The van der Waals surface area contributed by atoms with Gasteiger partial charge in [-0.3, -0.25) is 4.79 Å². The van der Waals surface area contributed by atoms with Gasteiger partial charge in [0.15, 0.2) is 6.61 Å². The van der Waals surface area contributed by atoms with Crippen LogP contribution in [0.4, 0.5) is 0 Å². The molecule has 4 rings (SSSR count). The first kappa shape index (κ1) is 18.5. The Morgan fingerprint density at radius 1 is 0.793 bits per heavy atom. The molecule has 0 spiro atoms. The fraction of sp³-hybridized carbons (Fsp3) is 0.0833. The van der Waals surface area contributed by atoms with Gasteiger partial charge in [-0.1, -0.05) is 54.6 Å². The zero-order chi connectivity index (χ0) is 20.1. The summed E-state index contributed by atoms with van der Waals surface area (Å²) in [6.45, 7) is -0.0970. The van der Waals surface area contributed by atoms with Gasteiger partial charge in [-0.05, 0) is 24.3 Å². The Morgan fingerprint density at radius 2 is 1.52 bits per heavy atom. The lowest BCUT2D eigenvalue weighted by molar-refractivity contribution is 0.0472. The molecule has 0 fully saturated rings. The first-order valence-corrected chi connectivity index (χ1v) is 9.24. The Labute approximate surface area is 167 Å². The van der Waals surface area contributed by atoms with E-state index in [4.69, 9.17) is 9.47 Å². The predicted molar refractivity (Wildman–Crippen MR) is 110 cm³/mol. The summed E-state index contributed by atoms with van der Waals surface area (Å²) in [7, 11) is 0. The molecule has 0 saturated carbocycles. The number of fused-ring (bicyclic) bond motifs is 1. The van der Waals surface area contributed by atoms with Gasteiger partial charge in [-0.2, -0.15) is 0 Å². The van der Waals surface area contributed by atoms with Crippen LogP contribution >= 0.6 is 0 Å². The summed E-state index contributed by atoms with van der Waals surface area (Å²) < 4.78 is 11.0. The van der Waals surface area contributed by atoms with E-state index >= 15 is 0 Å². The zero-order valence-corrected chi connectivity index (χ0v) is 15.6. The summed E-state index contributed by atoms with van der Waals surface area (Å²) in [6.07, 6.45) is 1.64. The van der Waals surface area contributed by atoms with Gasteiger partial charge in [-0.15, -0.1) is 0 Å². The number of carbonyl (C=O) groups is 2. The molecular weight excluding hydrogens is 366 g/mol. The molecule has 0 aliphatic heterocycles. The van der Waals surface area contributed by atoms with Crippen molar-refractivity contribution in [3.05, 3.63) is 102 Å². The van der Waals surface area contributed by atoms with Crippen molar-refractivity contribution >= 4 is 22.7 Å². The topological polar surface area (TPSA) is 68.4 Å². The number of benzene rings is 3. The third-order valence-corrected chi connectivity index (χ3v) is 4.60. The highest BCUT2D eigenvalue weighted by atomic mass is 16.5. The number of nitrogens with one attached hydrogen (secondary N) is 1. The van der Waals surface area contributed by atoms with E-state index in [9.17, 15) is 9.59 Å². The first-order valence-electron chi connectivity index (χ1n) is 9.24. The molecule has 1 aromatic heterocycles. The maximum atomic E-state index is 12.6. The summed E-state index contributed by atoms with van der Waals surface area (Å²) in [5.41, 5.74) is 2.45. The largest absolute Gasteiger partial charge is 0.489 e. The number of Topliss-reactive ketones (excluding diaryl/α,β-unsaturated/α-hetero) is 1. The van der Waals surface area contributed by atoms with Gasteiger partial charge < -0.3 is 14.5 Å². The normalized spacial score (nSPS) is 10.6. The summed E-state index contributed by atoms with van der Waals surface area (Å²) in [5, 5.41) is 0.810. The maximum Gasteiger partial charge on any atom is 0.338 e. The minimum Gasteiger partial charge on any atom is -0.489 e. The Morgan fingerprint density at radius 3 is 2.38 bits per heavy atom. The molecule has 5 heteroatoms. The molecule has 1 N–H and O–H groups in total. The van der Waals surface area contributed by atoms with Crippen molar-refractivity contribution in [2.24, 2.45) is 0 Å². The number of aromatic amines is 1. The monoisotopic (exact) mass is 385 g/mol. The minimum absolute atomic E-state index is 0.228. The zero-order valence-electron chi connectivity index (χ0n) is 15.6. The van der Waals surface area contributed by atoms with Gasteiger partial charge in [0, 0.05) is 28.2 Å². The molecule has 0 aliphatic carbocycles. The van der Waals surface area contributed by atoms with Gasteiger partial charge >= 0.3 is 5.97 Å². The second-order valence-corrected chi connectivity index (χ2v) is 6.51. The Balaban J connectivity index is 1.43. The molecule has 144 valence electrons. The van der Waals surface area contributed by atoms with Crippen LogP contribution in [-0.2, 0) is 11.3 Å². The third kappa shape index (κ3) is 4.19. The second-order valence-electron chi connectivity index (χ2n) is 6.51. The third-order valence-electron chi connectivity index (χ3n) is 4.60. The maximum absolute atomic E-state index is 12.6. The van der Waals surface area contributed by atoms with Crippen LogP contribution in [0, 0.1) is 0 Å². The fourth-order valence-corrected chi connectivity index (χ4v) is 3.11. The Bertz CT molecular complexity index is 1150. The van der Waals surface area contributed by atoms with Gasteiger partial charge in [0.2, 0.25) is 5.78 Å². The van der Waals surface area contributed by atoms with E-state index in [1.807, 2.05) is 60.7 Å². The fourth-order valence-electron chi connectivity index (χ4n) is 3.11. The van der Waals surface area contributed by atoms with Crippen molar-refractivity contribution < 1.29 is 19.1 Å².